The highest BCUT2D eigenvalue weighted by atomic mass is 32.2. The highest BCUT2D eigenvalue weighted by Crippen LogP contribution is 2.31. The summed E-state index contributed by atoms with van der Waals surface area (Å²) in [6.45, 7) is 12.0. The van der Waals surface area contributed by atoms with Gasteiger partial charge in [-0.15, -0.1) is 0 Å². The number of aromatic nitrogens is 4. The number of rotatable bonds is 7. The maximum Gasteiger partial charge on any atom is 0.264 e. The SMILES string of the molecule is CC[C@@H](C)[C@@H]1COc2cc(-c3c(C)cccc3C)nc(n2)NS(=O)(=O)c2cccc(c2)C(=O)N1Cc1ncc(OC(C)C)cn1. The van der Waals surface area contributed by atoms with Gasteiger partial charge in [0.1, 0.15) is 12.4 Å². The number of carbonyl (C=O) groups is 1. The van der Waals surface area contributed by atoms with E-state index in [9.17, 15) is 13.2 Å². The maximum atomic E-state index is 14.2. The van der Waals surface area contributed by atoms with Crippen LogP contribution in [0.1, 0.15) is 61.4 Å². The van der Waals surface area contributed by atoms with Crippen LogP contribution in [0.2, 0.25) is 0 Å². The summed E-state index contributed by atoms with van der Waals surface area (Å²) in [6, 6.07) is 13.1. The van der Waals surface area contributed by atoms with E-state index >= 15 is 0 Å². The van der Waals surface area contributed by atoms with E-state index < -0.39 is 16.1 Å². The third-order valence-electron chi connectivity index (χ3n) is 7.79. The third kappa shape index (κ3) is 7.22. The molecule has 0 fully saturated rings. The summed E-state index contributed by atoms with van der Waals surface area (Å²) >= 11 is 0. The number of nitrogens with one attached hydrogen (secondary N) is 1. The maximum absolute atomic E-state index is 14.2. The lowest BCUT2D eigenvalue weighted by Gasteiger charge is -2.35. The van der Waals surface area contributed by atoms with E-state index in [4.69, 9.17) is 9.47 Å². The summed E-state index contributed by atoms with van der Waals surface area (Å²) in [5.74, 6) is 0.599. The second-order valence-electron chi connectivity index (χ2n) is 11.5. The largest absolute Gasteiger partial charge is 0.488 e. The molecular weight excluding hydrogens is 592 g/mol. The molecule has 0 radical (unpaired) electrons. The fourth-order valence-electron chi connectivity index (χ4n) is 5.29. The van der Waals surface area contributed by atoms with Crippen molar-refractivity contribution < 1.29 is 22.7 Å². The van der Waals surface area contributed by atoms with Crippen molar-refractivity contribution in [3.63, 3.8) is 0 Å². The minimum Gasteiger partial charge on any atom is -0.488 e. The minimum atomic E-state index is -4.17. The Morgan fingerprint density at radius 2 is 1.71 bits per heavy atom. The summed E-state index contributed by atoms with van der Waals surface area (Å²) in [5, 5.41) is 0. The molecular formula is C33H38N6O5S. The first-order valence-corrected chi connectivity index (χ1v) is 16.4. The van der Waals surface area contributed by atoms with Gasteiger partial charge in [0.2, 0.25) is 11.8 Å². The van der Waals surface area contributed by atoms with E-state index in [0.29, 0.717) is 17.3 Å². The molecule has 2 aromatic carbocycles. The second-order valence-corrected chi connectivity index (χ2v) is 13.2. The third-order valence-corrected chi connectivity index (χ3v) is 9.11. The van der Waals surface area contributed by atoms with Crippen molar-refractivity contribution in [1.82, 2.24) is 24.8 Å². The smallest absolute Gasteiger partial charge is 0.264 e. The van der Waals surface area contributed by atoms with Crippen LogP contribution in [-0.2, 0) is 16.6 Å². The van der Waals surface area contributed by atoms with Crippen molar-refractivity contribution in [1.29, 1.82) is 0 Å². The average Bonchev–Trinajstić information content (AvgIpc) is 3.00. The van der Waals surface area contributed by atoms with Gasteiger partial charge in [0.05, 0.1) is 41.7 Å². The van der Waals surface area contributed by atoms with Crippen molar-refractivity contribution in [3.05, 3.63) is 83.4 Å². The lowest BCUT2D eigenvalue weighted by molar-refractivity contribution is 0.0476. The van der Waals surface area contributed by atoms with Crippen LogP contribution in [0.25, 0.3) is 11.3 Å². The van der Waals surface area contributed by atoms with Gasteiger partial charge in [0.15, 0.2) is 5.75 Å². The number of hydrogen-bond acceptors (Lipinski definition) is 9. The number of hydrogen-bond donors (Lipinski definition) is 1. The van der Waals surface area contributed by atoms with E-state index in [0.717, 1.165) is 23.1 Å². The van der Waals surface area contributed by atoms with Crippen molar-refractivity contribution in [2.24, 2.45) is 5.92 Å². The van der Waals surface area contributed by atoms with Crippen LogP contribution in [0.15, 0.2) is 65.8 Å². The van der Waals surface area contributed by atoms with Crippen molar-refractivity contribution in [2.45, 2.75) is 71.5 Å². The van der Waals surface area contributed by atoms with Crippen LogP contribution in [0.4, 0.5) is 5.95 Å². The first-order chi connectivity index (χ1) is 21.4. The van der Waals surface area contributed by atoms with Gasteiger partial charge < -0.3 is 14.4 Å². The molecule has 1 aliphatic rings. The number of ether oxygens (including phenoxy) is 2. The number of carbonyl (C=O) groups excluding carboxylic acids is 1. The molecule has 0 spiro atoms. The van der Waals surface area contributed by atoms with Gasteiger partial charge in [-0.25, -0.2) is 28.1 Å². The summed E-state index contributed by atoms with van der Waals surface area (Å²) in [4.78, 5) is 33.7. The topological polar surface area (TPSA) is 136 Å². The number of benzene rings is 2. The molecule has 0 aliphatic carbocycles. The monoisotopic (exact) mass is 630 g/mol. The Hall–Kier alpha value is -4.58. The summed E-state index contributed by atoms with van der Waals surface area (Å²) in [5.41, 5.74) is 3.52. The first kappa shape index (κ1) is 31.8. The van der Waals surface area contributed by atoms with E-state index in [1.165, 1.54) is 12.1 Å². The molecule has 1 amide bonds. The molecule has 4 aromatic rings. The average molecular weight is 631 g/mol. The predicted octanol–water partition coefficient (Wildman–Crippen LogP) is 5.59. The van der Waals surface area contributed by atoms with Crippen LogP contribution in [0.3, 0.4) is 0 Å². The Balaban J connectivity index is 1.63. The second kappa shape index (κ2) is 13.2. The molecule has 0 unspecified atom stereocenters. The Morgan fingerprint density at radius 3 is 2.38 bits per heavy atom. The van der Waals surface area contributed by atoms with Gasteiger partial charge in [-0.3, -0.25) is 4.79 Å². The molecule has 2 aromatic heterocycles. The summed E-state index contributed by atoms with van der Waals surface area (Å²) < 4.78 is 41.6. The molecule has 5 rings (SSSR count). The molecule has 11 nitrogen and oxygen atoms in total. The Bertz CT molecular complexity index is 1780. The van der Waals surface area contributed by atoms with Gasteiger partial charge in [-0.1, -0.05) is 44.5 Å². The molecule has 2 atom stereocenters. The lowest BCUT2D eigenvalue weighted by atomic mass is 9.97. The molecule has 45 heavy (non-hydrogen) atoms. The van der Waals surface area contributed by atoms with Gasteiger partial charge in [0.25, 0.3) is 15.9 Å². The fraction of sp³-hybridized carbons (Fsp3) is 0.364. The zero-order valence-corrected chi connectivity index (χ0v) is 27.1. The standard InChI is InChI=1S/C33H38N6O5S/c1-7-21(4)28-19-43-30-15-27(31-22(5)10-8-11-23(31)6)36-33(37-30)38-45(41,42)26-13-9-12-24(14-26)32(40)39(28)18-29-34-16-25(17-35-29)44-20(2)3/h8-17,20-21,28H,7,18-19H2,1-6H3,(H,36,37,38)/t21-,28+/m1/s1. The highest BCUT2D eigenvalue weighted by molar-refractivity contribution is 7.92. The number of sulfonamides is 1. The van der Waals surface area contributed by atoms with Gasteiger partial charge >= 0.3 is 0 Å². The number of nitrogens with zero attached hydrogens (tertiary/aromatic N) is 5. The van der Waals surface area contributed by atoms with Gasteiger partial charge in [-0.2, -0.15) is 4.98 Å². The quantitative estimate of drug-likeness (QED) is 0.277. The van der Waals surface area contributed by atoms with Crippen molar-refractivity contribution in [2.75, 3.05) is 11.3 Å². The molecule has 0 saturated carbocycles. The van der Waals surface area contributed by atoms with Crippen LogP contribution in [0.5, 0.6) is 11.6 Å². The Morgan fingerprint density at radius 1 is 1.02 bits per heavy atom. The lowest BCUT2D eigenvalue weighted by Crippen LogP contribution is -2.47. The number of fused-ring (bicyclic) bond motifs is 4. The zero-order chi connectivity index (χ0) is 32.3. The predicted molar refractivity (Wildman–Crippen MR) is 171 cm³/mol. The first-order valence-electron chi connectivity index (χ1n) is 14.9. The normalized spacial score (nSPS) is 16.9. The summed E-state index contributed by atoms with van der Waals surface area (Å²) in [6.07, 6.45) is 3.87. The number of amides is 1. The summed E-state index contributed by atoms with van der Waals surface area (Å²) in [7, 11) is -4.17. The van der Waals surface area contributed by atoms with E-state index in [1.54, 1.807) is 35.5 Å². The number of aryl methyl sites for hydroxylation is 2. The van der Waals surface area contributed by atoms with Crippen LogP contribution < -0.4 is 14.2 Å². The minimum absolute atomic E-state index is 0.00736. The van der Waals surface area contributed by atoms with Gasteiger partial charge in [-0.05, 0) is 62.9 Å². The van der Waals surface area contributed by atoms with Crippen LogP contribution >= 0.6 is 0 Å². The Kier molecular flexibility index (Phi) is 9.33. The van der Waals surface area contributed by atoms with E-state index in [2.05, 4.69) is 24.7 Å². The molecule has 0 saturated heterocycles. The van der Waals surface area contributed by atoms with Crippen LogP contribution in [-0.4, -0.2) is 57.9 Å². The van der Waals surface area contributed by atoms with E-state index in [-0.39, 0.29) is 53.4 Å². The van der Waals surface area contributed by atoms with Crippen LogP contribution in [0, 0.1) is 19.8 Å². The molecule has 1 N–H and O–H groups in total. The molecule has 3 heterocycles. The molecule has 12 heteroatoms. The van der Waals surface area contributed by atoms with E-state index in [1.807, 2.05) is 59.7 Å². The van der Waals surface area contributed by atoms with Gasteiger partial charge in [0, 0.05) is 17.2 Å². The van der Waals surface area contributed by atoms with Crippen molar-refractivity contribution >= 4 is 21.9 Å². The van der Waals surface area contributed by atoms with Crippen molar-refractivity contribution in [3.8, 4) is 22.9 Å². The number of anilines is 1. The molecule has 236 valence electrons. The molecule has 4 bridgehead atoms. The molecule has 1 aliphatic heterocycles. The highest BCUT2D eigenvalue weighted by Gasteiger charge is 2.32. The Labute approximate surface area is 264 Å². The zero-order valence-electron chi connectivity index (χ0n) is 26.3. The fourth-order valence-corrected chi connectivity index (χ4v) is 6.28.